The van der Waals surface area contributed by atoms with Crippen LogP contribution in [0, 0.1) is 11.3 Å². The molecule has 2 rings (SSSR count). The van der Waals surface area contributed by atoms with Crippen LogP contribution >= 0.6 is 0 Å². The van der Waals surface area contributed by atoms with Gasteiger partial charge >= 0.3 is 0 Å². The molecule has 0 aliphatic carbocycles. The quantitative estimate of drug-likeness (QED) is 0.523. The van der Waals surface area contributed by atoms with Crippen molar-refractivity contribution in [3.05, 3.63) is 23.8 Å². The Kier molecular flexibility index (Phi) is 2.23. The lowest BCUT2D eigenvalue weighted by atomic mass is 10.1. The van der Waals surface area contributed by atoms with Gasteiger partial charge < -0.3 is 9.47 Å². The van der Waals surface area contributed by atoms with E-state index in [0.29, 0.717) is 11.5 Å². The van der Waals surface area contributed by atoms with Crippen molar-refractivity contribution in [3.63, 3.8) is 0 Å². The molecule has 0 bridgehead atoms. The maximum absolute atomic E-state index is 8.76. The first kappa shape index (κ1) is 8.81. The summed E-state index contributed by atoms with van der Waals surface area (Å²) in [4.78, 5) is 0. The molecule has 1 unspecified atom stereocenters. The van der Waals surface area contributed by atoms with E-state index in [2.05, 4.69) is 5.43 Å². The molecule has 0 radical (unpaired) electrons. The standard InChI is InChI=1S/C9H9N3O2/c10-4-7(12-11)6-1-2-8-9(3-6)14-5-13-8/h1-3,7,12H,5,11H2. The fourth-order valence-corrected chi connectivity index (χ4v) is 1.30. The van der Waals surface area contributed by atoms with Crippen LogP contribution < -0.4 is 20.7 Å². The predicted octanol–water partition coefficient (Wildman–Crippen LogP) is 0.443. The monoisotopic (exact) mass is 191 g/mol. The summed E-state index contributed by atoms with van der Waals surface area (Å²) < 4.78 is 10.3. The zero-order chi connectivity index (χ0) is 9.97. The molecule has 1 aliphatic heterocycles. The number of ether oxygens (including phenoxy) is 2. The number of rotatable bonds is 2. The molecule has 3 N–H and O–H groups in total. The van der Waals surface area contributed by atoms with Crippen LogP contribution in [0.4, 0.5) is 0 Å². The van der Waals surface area contributed by atoms with E-state index in [1.807, 2.05) is 6.07 Å². The van der Waals surface area contributed by atoms with E-state index in [4.69, 9.17) is 20.6 Å². The molecule has 5 nitrogen and oxygen atoms in total. The Bertz CT molecular complexity index is 386. The molecule has 0 spiro atoms. The van der Waals surface area contributed by atoms with E-state index < -0.39 is 6.04 Å². The number of nitriles is 1. The van der Waals surface area contributed by atoms with Crippen LogP contribution in [0.3, 0.4) is 0 Å². The molecular formula is C9H9N3O2. The highest BCUT2D eigenvalue weighted by Crippen LogP contribution is 2.33. The Morgan fingerprint density at radius 2 is 2.21 bits per heavy atom. The first-order valence-corrected chi connectivity index (χ1v) is 4.10. The molecule has 1 aromatic rings. The van der Waals surface area contributed by atoms with Crippen LogP contribution in [0.2, 0.25) is 0 Å². The number of nitrogens with two attached hydrogens (primary N) is 1. The van der Waals surface area contributed by atoms with E-state index in [1.54, 1.807) is 18.2 Å². The fourth-order valence-electron chi connectivity index (χ4n) is 1.30. The highest BCUT2D eigenvalue weighted by molar-refractivity contribution is 5.46. The Morgan fingerprint density at radius 1 is 1.43 bits per heavy atom. The third kappa shape index (κ3) is 1.37. The molecule has 0 aromatic heterocycles. The highest BCUT2D eigenvalue weighted by Gasteiger charge is 2.16. The summed E-state index contributed by atoms with van der Waals surface area (Å²) in [6, 6.07) is 6.79. The van der Waals surface area contributed by atoms with E-state index in [-0.39, 0.29) is 6.79 Å². The summed E-state index contributed by atoms with van der Waals surface area (Å²) in [6.07, 6.45) is 0. The number of nitrogens with zero attached hydrogens (tertiary/aromatic N) is 1. The van der Waals surface area contributed by atoms with E-state index >= 15 is 0 Å². The Labute approximate surface area is 81.0 Å². The number of hydrazine groups is 1. The Morgan fingerprint density at radius 3 is 2.93 bits per heavy atom. The minimum absolute atomic E-state index is 0.228. The smallest absolute Gasteiger partial charge is 0.231 e. The third-order valence-corrected chi connectivity index (χ3v) is 2.03. The van der Waals surface area contributed by atoms with Gasteiger partial charge in [-0.25, -0.2) is 5.43 Å². The summed E-state index contributed by atoms with van der Waals surface area (Å²) in [5, 5.41) is 8.76. The molecule has 5 heteroatoms. The lowest BCUT2D eigenvalue weighted by molar-refractivity contribution is 0.174. The van der Waals surface area contributed by atoms with Crippen molar-refractivity contribution in [2.24, 2.45) is 5.84 Å². The van der Waals surface area contributed by atoms with Crippen LogP contribution in [0.15, 0.2) is 18.2 Å². The van der Waals surface area contributed by atoms with Gasteiger partial charge in [-0.2, -0.15) is 5.26 Å². The molecule has 72 valence electrons. The molecule has 0 fully saturated rings. The lowest BCUT2D eigenvalue weighted by Gasteiger charge is -2.07. The van der Waals surface area contributed by atoms with Gasteiger partial charge in [0.25, 0.3) is 0 Å². The molecule has 14 heavy (non-hydrogen) atoms. The summed E-state index contributed by atoms with van der Waals surface area (Å²) in [7, 11) is 0. The maximum Gasteiger partial charge on any atom is 0.231 e. The van der Waals surface area contributed by atoms with Crippen molar-refractivity contribution in [1.82, 2.24) is 5.43 Å². The van der Waals surface area contributed by atoms with Crippen LogP contribution in [-0.2, 0) is 0 Å². The molecule has 0 saturated carbocycles. The van der Waals surface area contributed by atoms with Crippen molar-refractivity contribution in [3.8, 4) is 17.6 Å². The Hall–Kier alpha value is -1.77. The number of benzene rings is 1. The van der Waals surface area contributed by atoms with Gasteiger partial charge in [0.1, 0.15) is 6.04 Å². The van der Waals surface area contributed by atoms with Gasteiger partial charge in [-0.3, -0.25) is 5.84 Å². The second-order valence-corrected chi connectivity index (χ2v) is 2.84. The third-order valence-electron chi connectivity index (χ3n) is 2.03. The first-order chi connectivity index (χ1) is 6.85. The zero-order valence-electron chi connectivity index (χ0n) is 7.36. The minimum atomic E-state index is -0.524. The maximum atomic E-state index is 8.76. The minimum Gasteiger partial charge on any atom is -0.454 e. The van der Waals surface area contributed by atoms with Crippen molar-refractivity contribution < 1.29 is 9.47 Å². The van der Waals surface area contributed by atoms with Crippen LogP contribution in [0.1, 0.15) is 11.6 Å². The van der Waals surface area contributed by atoms with Gasteiger partial charge in [-0.05, 0) is 17.7 Å². The lowest BCUT2D eigenvalue weighted by Crippen LogP contribution is -2.26. The van der Waals surface area contributed by atoms with Gasteiger partial charge in [0.05, 0.1) is 6.07 Å². The zero-order valence-corrected chi connectivity index (χ0v) is 7.36. The fraction of sp³-hybridized carbons (Fsp3) is 0.222. The van der Waals surface area contributed by atoms with Gasteiger partial charge in [0.15, 0.2) is 11.5 Å². The van der Waals surface area contributed by atoms with E-state index in [9.17, 15) is 0 Å². The number of fused-ring (bicyclic) bond motifs is 1. The number of hydrogen-bond acceptors (Lipinski definition) is 5. The van der Waals surface area contributed by atoms with Gasteiger partial charge in [-0.15, -0.1) is 0 Å². The van der Waals surface area contributed by atoms with E-state index in [0.717, 1.165) is 5.56 Å². The second kappa shape index (κ2) is 3.54. The molecule has 1 heterocycles. The van der Waals surface area contributed by atoms with Gasteiger partial charge in [0, 0.05) is 0 Å². The normalized spacial score (nSPS) is 14.9. The molecule has 0 saturated heterocycles. The Balaban J connectivity index is 2.33. The highest BCUT2D eigenvalue weighted by atomic mass is 16.7. The SMILES string of the molecule is N#CC(NN)c1ccc2c(c1)OCO2. The predicted molar refractivity (Wildman–Crippen MR) is 48.2 cm³/mol. The van der Waals surface area contributed by atoms with Gasteiger partial charge in [-0.1, -0.05) is 6.07 Å². The summed E-state index contributed by atoms with van der Waals surface area (Å²) in [6.45, 7) is 0.228. The van der Waals surface area contributed by atoms with Crippen LogP contribution in [0.25, 0.3) is 0 Å². The summed E-state index contributed by atoms with van der Waals surface area (Å²) >= 11 is 0. The molecule has 1 atom stereocenters. The second-order valence-electron chi connectivity index (χ2n) is 2.84. The number of hydrogen-bond donors (Lipinski definition) is 2. The average Bonchev–Trinajstić information content (AvgIpc) is 2.66. The molecule has 1 aromatic carbocycles. The topological polar surface area (TPSA) is 80.3 Å². The number of nitrogens with one attached hydrogen (secondary N) is 1. The van der Waals surface area contributed by atoms with Crippen LogP contribution in [-0.4, -0.2) is 6.79 Å². The van der Waals surface area contributed by atoms with Crippen molar-refractivity contribution in [2.45, 2.75) is 6.04 Å². The first-order valence-electron chi connectivity index (χ1n) is 4.10. The summed E-state index contributed by atoms with van der Waals surface area (Å²) in [5.41, 5.74) is 3.16. The molecule has 0 amide bonds. The molecule has 1 aliphatic rings. The van der Waals surface area contributed by atoms with E-state index in [1.165, 1.54) is 0 Å². The van der Waals surface area contributed by atoms with Crippen molar-refractivity contribution in [2.75, 3.05) is 6.79 Å². The largest absolute Gasteiger partial charge is 0.454 e. The molecular weight excluding hydrogens is 182 g/mol. The van der Waals surface area contributed by atoms with Crippen LogP contribution in [0.5, 0.6) is 11.5 Å². The van der Waals surface area contributed by atoms with Gasteiger partial charge in [0.2, 0.25) is 6.79 Å². The van der Waals surface area contributed by atoms with Crippen molar-refractivity contribution >= 4 is 0 Å². The summed E-state index contributed by atoms with van der Waals surface area (Å²) in [5.74, 6) is 6.56. The van der Waals surface area contributed by atoms with Crippen molar-refractivity contribution in [1.29, 1.82) is 5.26 Å². The average molecular weight is 191 g/mol.